The van der Waals surface area contributed by atoms with Crippen molar-refractivity contribution < 1.29 is 14.2 Å². The van der Waals surface area contributed by atoms with E-state index >= 15 is 0 Å². The van der Waals surface area contributed by atoms with E-state index in [0.717, 1.165) is 45.6 Å². The lowest BCUT2D eigenvalue weighted by atomic mass is 10.2. The van der Waals surface area contributed by atoms with Gasteiger partial charge in [-0.25, -0.2) is 4.98 Å². The highest BCUT2D eigenvalue weighted by Crippen LogP contribution is 2.36. The van der Waals surface area contributed by atoms with Crippen LogP contribution in [0.4, 0.5) is 0 Å². The zero-order valence-corrected chi connectivity index (χ0v) is 15.3. The highest BCUT2D eigenvalue weighted by molar-refractivity contribution is 7.13. The Morgan fingerprint density at radius 3 is 2.92 bits per heavy atom. The Balaban J connectivity index is 1.38. The average molecular weight is 368 g/mol. The summed E-state index contributed by atoms with van der Waals surface area (Å²) in [5, 5.41) is 6.51. The lowest BCUT2D eigenvalue weighted by Gasteiger charge is -2.10. The van der Waals surface area contributed by atoms with E-state index in [1.165, 1.54) is 0 Å². The van der Waals surface area contributed by atoms with Gasteiger partial charge < -0.3 is 19.5 Å². The van der Waals surface area contributed by atoms with E-state index in [1.807, 2.05) is 43.3 Å². The number of hydrogen-bond acceptors (Lipinski definition) is 6. The van der Waals surface area contributed by atoms with Crippen LogP contribution in [0.15, 0.2) is 47.8 Å². The maximum absolute atomic E-state index is 5.66. The third kappa shape index (κ3) is 3.66. The molecule has 2 heterocycles. The number of nitrogens with one attached hydrogen (secondary N) is 1. The van der Waals surface area contributed by atoms with Crippen LogP contribution in [0.5, 0.6) is 17.2 Å². The van der Waals surface area contributed by atoms with Crippen LogP contribution < -0.4 is 19.5 Å². The fourth-order valence-electron chi connectivity index (χ4n) is 2.82. The van der Waals surface area contributed by atoms with Crippen LogP contribution in [0.1, 0.15) is 18.2 Å². The van der Waals surface area contributed by atoms with Crippen molar-refractivity contribution in [3.05, 3.63) is 59.1 Å². The monoisotopic (exact) mass is 368 g/mol. The Morgan fingerprint density at radius 2 is 2.00 bits per heavy atom. The first-order valence-electron chi connectivity index (χ1n) is 8.59. The van der Waals surface area contributed by atoms with E-state index < -0.39 is 0 Å². The van der Waals surface area contributed by atoms with Crippen LogP contribution in [0, 0.1) is 0 Å². The molecular weight excluding hydrogens is 348 g/mol. The predicted octanol–water partition coefficient (Wildman–Crippen LogP) is 4.23. The second-order valence-electron chi connectivity index (χ2n) is 5.86. The van der Waals surface area contributed by atoms with Crippen molar-refractivity contribution in [1.29, 1.82) is 0 Å². The molecule has 2 aromatic carbocycles. The molecule has 26 heavy (non-hydrogen) atoms. The van der Waals surface area contributed by atoms with Crippen LogP contribution in [0.25, 0.3) is 10.6 Å². The SMILES string of the molecule is CCOc1ccccc1CNCc1csc(-c2ccc3c(c2)OCO3)n1. The number of rotatable bonds is 7. The van der Waals surface area contributed by atoms with Gasteiger partial charge in [0.2, 0.25) is 6.79 Å². The Hall–Kier alpha value is -2.57. The molecule has 1 aliphatic heterocycles. The minimum Gasteiger partial charge on any atom is -0.494 e. The summed E-state index contributed by atoms with van der Waals surface area (Å²) in [5.74, 6) is 2.51. The van der Waals surface area contributed by atoms with Gasteiger partial charge in [-0.15, -0.1) is 11.3 Å². The van der Waals surface area contributed by atoms with E-state index in [9.17, 15) is 0 Å². The van der Waals surface area contributed by atoms with Crippen LogP contribution in [0.3, 0.4) is 0 Å². The maximum atomic E-state index is 5.66. The molecule has 4 rings (SSSR count). The van der Waals surface area contributed by atoms with E-state index in [2.05, 4.69) is 16.8 Å². The largest absolute Gasteiger partial charge is 0.494 e. The number of benzene rings is 2. The summed E-state index contributed by atoms with van der Waals surface area (Å²) in [5.41, 5.74) is 3.23. The normalized spacial score (nSPS) is 12.3. The first-order valence-corrected chi connectivity index (χ1v) is 9.47. The Labute approximate surface area is 156 Å². The molecule has 3 aromatic rings. The zero-order chi connectivity index (χ0) is 17.8. The summed E-state index contributed by atoms with van der Waals surface area (Å²) in [6.45, 7) is 4.41. The number of hydrogen-bond donors (Lipinski definition) is 1. The maximum Gasteiger partial charge on any atom is 0.231 e. The van der Waals surface area contributed by atoms with Crippen molar-refractivity contribution in [2.24, 2.45) is 0 Å². The van der Waals surface area contributed by atoms with Gasteiger partial charge in [0.05, 0.1) is 12.3 Å². The second-order valence-corrected chi connectivity index (χ2v) is 6.71. The number of ether oxygens (including phenoxy) is 3. The van der Waals surface area contributed by atoms with Crippen molar-refractivity contribution in [3.63, 3.8) is 0 Å². The minimum absolute atomic E-state index is 0.287. The molecule has 0 saturated heterocycles. The number of para-hydroxylation sites is 1. The topological polar surface area (TPSA) is 52.6 Å². The van der Waals surface area contributed by atoms with Crippen molar-refractivity contribution in [1.82, 2.24) is 10.3 Å². The molecule has 0 spiro atoms. The van der Waals surface area contributed by atoms with Crippen molar-refractivity contribution in [2.75, 3.05) is 13.4 Å². The van der Waals surface area contributed by atoms with Gasteiger partial charge in [-0.2, -0.15) is 0 Å². The van der Waals surface area contributed by atoms with Crippen molar-refractivity contribution >= 4 is 11.3 Å². The molecule has 1 aromatic heterocycles. The third-order valence-electron chi connectivity index (χ3n) is 4.07. The fourth-order valence-corrected chi connectivity index (χ4v) is 3.64. The van der Waals surface area contributed by atoms with Crippen LogP contribution in [-0.2, 0) is 13.1 Å². The second kappa shape index (κ2) is 7.76. The molecular formula is C20H20N2O3S. The smallest absolute Gasteiger partial charge is 0.231 e. The van der Waals surface area contributed by atoms with Gasteiger partial charge in [-0.3, -0.25) is 0 Å². The third-order valence-corrected chi connectivity index (χ3v) is 5.01. The molecule has 0 fully saturated rings. The molecule has 6 heteroatoms. The lowest BCUT2D eigenvalue weighted by molar-refractivity contribution is 0.174. The quantitative estimate of drug-likeness (QED) is 0.676. The van der Waals surface area contributed by atoms with Gasteiger partial charge in [0.1, 0.15) is 10.8 Å². The molecule has 0 bridgehead atoms. The predicted molar refractivity (Wildman–Crippen MR) is 102 cm³/mol. The van der Waals surface area contributed by atoms with Crippen molar-refractivity contribution in [3.8, 4) is 27.8 Å². The van der Waals surface area contributed by atoms with E-state index in [1.54, 1.807) is 11.3 Å². The molecule has 0 aliphatic carbocycles. The summed E-state index contributed by atoms with van der Waals surface area (Å²) >= 11 is 1.63. The van der Waals surface area contributed by atoms with Gasteiger partial charge in [-0.05, 0) is 31.2 Å². The van der Waals surface area contributed by atoms with E-state index in [4.69, 9.17) is 19.2 Å². The molecule has 5 nitrogen and oxygen atoms in total. The molecule has 0 amide bonds. The summed E-state index contributed by atoms with van der Waals surface area (Å²) in [4.78, 5) is 4.72. The van der Waals surface area contributed by atoms with E-state index in [-0.39, 0.29) is 6.79 Å². The number of aromatic nitrogens is 1. The number of nitrogens with zero attached hydrogens (tertiary/aromatic N) is 1. The Bertz CT molecular complexity index is 894. The molecule has 134 valence electrons. The average Bonchev–Trinajstić information content (AvgIpc) is 3.32. The highest BCUT2D eigenvalue weighted by atomic mass is 32.1. The summed E-state index contributed by atoms with van der Waals surface area (Å²) in [6, 6.07) is 14.0. The van der Waals surface area contributed by atoms with Gasteiger partial charge in [0.25, 0.3) is 0 Å². The van der Waals surface area contributed by atoms with Gasteiger partial charge in [-0.1, -0.05) is 18.2 Å². The molecule has 0 radical (unpaired) electrons. The van der Waals surface area contributed by atoms with Crippen molar-refractivity contribution in [2.45, 2.75) is 20.0 Å². The summed E-state index contributed by atoms with van der Waals surface area (Å²) in [6.07, 6.45) is 0. The fraction of sp³-hybridized carbons (Fsp3) is 0.250. The Kier molecular flexibility index (Phi) is 5.04. The van der Waals surface area contributed by atoms with Crippen LogP contribution in [-0.4, -0.2) is 18.4 Å². The highest BCUT2D eigenvalue weighted by Gasteiger charge is 2.15. The zero-order valence-electron chi connectivity index (χ0n) is 14.5. The van der Waals surface area contributed by atoms with E-state index in [0.29, 0.717) is 13.2 Å². The minimum atomic E-state index is 0.287. The van der Waals surface area contributed by atoms with Gasteiger partial charge in [0, 0.05) is 29.6 Å². The Morgan fingerprint density at radius 1 is 1.12 bits per heavy atom. The number of thiazole rings is 1. The first-order chi connectivity index (χ1) is 12.8. The standard InChI is InChI=1S/C20H20N2O3S/c1-2-23-17-6-4-3-5-15(17)10-21-11-16-12-26-20(22-16)14-7-8-18-19(9-14)25-13-24-18/h3-9,12,21H,2,10-11,13H2,1H3. The summed E-state index contributed by atoms with van der Waals surface area (Å²) < 4.78 is 16.5. The lowest BCUT2D eigenvalue weighted by Crippen LogP contribution is -2.13. The van der Waals surface area contributed by atoms with Crippen LogP contribution >= 0.6 is 11.3 Å². The molecule has 0 saturated carbocycles. The van der Waals surface area contributed by atoms with Crippen LogP contribution in [0.2, 0.25) is 0 Å². The molecule has 1 aliphatic rings. The molecule has 1 N–H and O–H groups in total. The molecule has 0 unspecified atom stereocenters. The van der Waals surface area contributed by atoms with Gasteiger partial charge in [0.15, 0.2) is 11.5 Å². The van der Waals surface area contributed by atoms with Gasteiger partial charge >= 0.3 is 0 Å². The first kappa shape index (κ1) is 16.9. The summed E-state index contributed by atoms with van der Waals surface area (Å²) in [7, 11) is 0. The number of fused-ring (bicyclic) bond motifs is 1. The molecule has 0 atom stereocenters.